The van der Waals surface area contributed by atoms with Crippen molar-refractivity contribution in [2.75, 3.05) is 13.7 Å². The van der Waals surface area contributed by atoms with Crippen LogP contribution in [-0.4, -0.2) is 24.7 Å². The minimum atomic E-state index is -2.73. The first kappa shape index (κ1) is 12.4. The molecule has 0 radical (unpaired) electrons. The molecular formula is C10H11F2NO3. The molecule has 0 fully saturated rings. The summed E-state index contributed by atoms with van der Waals surface area (Å²) in [6.07, 6.45) is -1.65. The molecule has 0 aliphatic carbocycles. The number of ether oxygens (including phenoxy) is 2. The van der Waals surface area contributed by atoms with Gasteiger partial charge in [0.25, 0.3) is 6.43 Å². The van der Waals surface area contributed by atoms with E-state index in [0.717, 1.165) is 12.3 Å². The Morgan fingerprint density at radius 2 is 2.25 bits per heavy atom. The van der Waals surface area contributed by atoms with Crippen LogP contribution in [0.5, 0.6) is 5.75 Å². The largest absolute Gasteiger partial charge is 0.495 e. The molecule has 0 saturated heterocycles. The first-order valence-corrected chi connectivity index (χ1v) is 4.59. The highest BCUT2D eigenvalue weighted by atomic mass is 19.3. The zero-order chi connectivity index (χ0) is 12.1. The lowest BCUT2D eigenvalue weighted by Crippen LogP contribution is -2.08. The summed E-state index contributed by atoms with van der Waals surface area (Å²) in [7, 11) is 1.26. The number of carbonyl (C=O) groups excluding carboxylic acids is 1. The van der Waals surface area contributed by atoms with Gasteiger partial charge in [0.15, 0.2) is 0 Å². The summed E-state index contributed by atoms with van der Waals surface area (Å²) >= 11 is 0. The van der Waals surface area contributed by atoms with Gasteiger partial charge in [0.2, 0.25) is 0 Å². The number of methoxy groups -OCH3 is 1. The Kier molecular flexibility index (Phi) is 4.16. The second-order valence-corrected chi connectivity index (χ2v) is 2.83. The number of carbonyl (C=O) groups is 1. The van der Waals surface area contributed by atoms with Gasteiger partial charge in [0.05, 0.1) is 25.5 Å². The van der Waals surface area contributed by atoms with Gasteiger partial charge in [-0.3, -0.25) is 0 Å². The van der Waals surface area contributed by atoms with E-state index in [9.17, 15) is 13.6 Å². The SMILES string of the molecule is CCOC(=O)c1cc(C(F)F)c(OC)cn1. The van der Waals surface area contributed by atoms with Crippen LogP contribution < -0.4 is 4.74 Å². The molecule has 0 amide bonds. The molecule has 0 spiro atoms. The van der Waals surface area contributed by atoms with Crippen LogP contribution in [0.3, 0.4) is 0 Å². The molecule has 0 aliphatic heterocycles. The first-order valence-electron chi connectivity index (χ1n) is 4.59. The summed E-state index contributed by atoms with van der Waals surface area (Å²) < 4.78 is 34.5. The Labute approximate surface area is 91.2 Å². The minimum absolute atomic E-state index is 0.0527. The normalized spacial score (nSPS) is 10.3. The molecule has 0 bridgehead atoms. The third kappa shape index (κ3) is 2.65. The third-order valence-electron chi connectivity index (χ3n) is 1.84. The lowest BCUT2D eigenvalue weighted by atomic mass is 10.2. The second-order valence-electron chi connectivity index (χ2n) is 2.83. The average Bonchev–Trinajstić information content (AvgIpc) is 2.28. The smallest absolute Gasteiger partial charge is 0.356 e. The van der Waals surface area contributed by atoms with Gasteiger partial charge in [-0.25, -0.2) is 18.6 Å². The molecule has 0 aromatic carbocycles. The van der Waals surface area contributed by atoms with Crippen LogP contribution in [0, 0.1) is 0 Å². The van der Waals surface area contributed by atoms with E-state index in [4.69, 9.17) is 4.74 Å². The van der Waals surface area contributed by atoms with Gasteiger partial charge in [-0.15, -0.1) is 0 Å². The summed E-state index contributed by atoms with van der Waals surface area (Å²) in [4.78, 5) is 14.9. The molecule has 1 heterocycles. The predicted octanol–water partition coefficient (Wildman–Crippen LogP) is 2.20. The van der Waals surface area contributed by atoms with Gasteiger partial charge in [0, 0.05) is 0 Å². The summed E-state index contributed by atoms with van der Waals surface area (Å²) in [6.45, 7) is 1.78. The highest BCUT2D eigenvalue weighted by Crippen LogP contribution is 2.28. The maximum Gasteiger partial charge on any atom is 0.356 e. The van der Waals surface area contributed by atoms with E-state index >= 15 is 0 Å². The Balaban J connectivity index is 3.06. The second kappa shape index (κ2) is 5.39. The molecule has 88 valence electrons. The molecule has 16 heavy (non-hydrogen) atoms. The van der Waals surface area contributed by atoms with Crippen molar-refractivity contribution in [2.45, 2.75) is 13.3 Å². The fourth-order valence-electron chi connectivity index (χ4n) is 1.12. The van der Waals surface area contributed by atoms with Crippen molar-refractivity contribution < 1.29 is 23.0 Å². The first-order chi connectivity index (χ1) is 7.60. The third-order valence-corrected chi connectivity index (χ3v) is 1.84. The van der Waals surface area contributed by atoms with Gasteiger partial charge in [-0.2, -0.15) is 0 Å². The zero-order valence-electron chi connectivity index (χ0n) is 8.87. The molecule has 0 N–H and O–H groups in total. The Morgan fingerprint density at radius 3 is 2.75 bits per heavy atom. The number of halogens is 2. The highest BCUT2D eigenvalue weighted by molar-refractivity contribution is 5.87. The van der Waals surface area contributed by atoms with Crippen molar-refractivity contribution in [3.63, 3.8) is 0 Å². The maximum absolute atomic E-state index is 12.6. The topological polar surface area (TPSA) is 48.4 Å². The number of aromatic nitrogens is 1. The molecular weight excluding hydrogens is 220 g/mol. The fourth-order valence-corrected chi connectivity index (χ4v) is 1.12. The lowest BCUT2D eigenvalue weighted by Gasteiger charge is -2.08. The van der Waals surface area contributed by atoms with E-state index in [-0.39, 0.29) is 23.6 Å². The molecule has 1 aromatic rings. The molecule has 0 aliphatic rings. The van der Waals surface area contributed by atoms with Gasteiger partial charge in [0.1, 0.15) is 11.4 Å². The Hall–Kier alpha value is -1.72. The van der Waals surface area contributed by atoms with Crippen LogP contribution in [0.15, 0.2) is 12.3 Å². The van der Waals surface area contributed by atoms with Crippen LogP contribution in [0.25, 0.3) is 0 Å². The molecule has 1 rings (SSSR count). The molecule has 6 heteroatoms. The van der Waals surface area contributed by atoms with E-state index in [1.165, 1.54) is 7.11 Å². The van der Waals surface area contributed by atoms with Crippen LogP contribution >= 0.6 is 0 Å². The number of nitrogens with zero attached hydrogens (tertiary/aromatic N) is 1. The van der Waals surface area contributed by atoms with E-state index < -0.39 is 12.4 Å². The lowest BCUT2D eigenvalue weighted by molar-refractivity contribution is 0.0518. The fraction of sp³-hybridized carbons (Fsp3) is 0.400. The maximum atomic E-state index is 12.6. The number of pyridine rings is 1. The van der Waals surface area contributed by atoms with Crippen LogP contribution in [0.4, 0.5) is 8.78 Å². The van der Waals surface area contributed by atoms with E-state index in [0.29, 0.717) is 0 Å². The highest BCUT2D eigenvalue weighted by Gasteiger charge is 2.18. The van der Waals surface area contributed by atoms with E-state index in [2.05, 4.69) is 9.72 Å². The van der Waals surface area contributed by atoms with Crippen molar-refractivity contribution in [1.82, 2.24) is 4.98 Å². The molecule has 4 nitrogen and oxygen atoms in total. The van der Waals surface area contributed by atoms with Crippen molar-refractivity contribution in [3.05, 3.63) is 23.5 Å². The quantitative estimate of drug-likeness (QED) is 0.745. The molecule has 0 saturated carbocycles. The Bertz CT molecular complexity index is 382. The number of alkyl halides is 2. The standard InChI is InChI=1S/C10H11F2NO3/c1-3-16-10(14)7-4-6(9(11)12)8(15-2)5-13-7/h4-5,9H,3H2,1-2H3. The number of hydrogen-bond acceptors (Lipinski definition) is 4. The van der Waals surface area contributed by atoms with Gasteiger partial charge >= 0.3 is 5.97 Å². The number of esters is 1. The monoisotopic (exact) mass is 231 g/mol. The van der Waals surface area contributed by atoms with Crippen LogP contribution in [-0.2, 0) is 4.74 Å². The molecule has 0 atom stereocenters. The zero-order valence-corrected chi connectivity index (χ0v) is 8.87. The molecule has 1 aromatic heterocycles. The minimum Gasteiger partial charge on any atom is -0.495 e. The van der Waals surface area contributed by atoms with Crippen molar-refractivity contribution in [3.8, 4) is 5.75 Å². The number of rotatable bonds is 4. The van der Waals surface area contributed by atoms with Crippen LogP contribution in [0.1, 0.15) is 29.4 Å². The Morgan fingerprint density at radius 1 is 1.56 bits per heavy atom. The van der Waals surface area contributed by atoms with Gasteiger partial charge in [-0.05, 0) is 13.0 Å². The summed E-state index contributed by atoms with van der Waals surface area (Å²) in [5.74, 6) is -0.782. The summed E-state index contributed by atoms with van der Waals surface area (Å²) in [6, 6.07) is 0.974. The van der Waals surface area contributed by atoms with Crippen molar-refractivity contribution in [1.29, 1.82) is 0 Å². The van der Waals surface area contributed by atoms with Gasteiger partial charge in [-0.1, -0.05) is 0 Å². The summed E-state index contributed by atoms with van der Waals surface area (Å²) in [5, 5.41) is 0. The van der Waals surface area contributed by atoms with Gasteiger partial charge < -0.3 is 9.47 Å². The van der Waals surface area contributed by atoms with Crippen molar-refractivity contribution >= 4 is 5.97 Å². The van der Waals surface area contributed by atoms with Crippen LogP contribution in [0.2, 0.25) is 0 Å². The van der Waals surface area contributed by atoms with E-state index in [1.807, 2.05) is 0 Å². The van der Waals surface area contributed by atoms with E-state index in [1.54, 1.807) is 6.92 Å². The molecule has 0 unspecified atom stereocenters. The average molecular weight is 231 g/mol. The number of hydrogen-bond donors (Lipinski definition) is 0. The predicted molar refractivity (Wildman–Crippen MR) is 51.7 cm³/mol. The van der Waals surface area contributed by atoms with Crippen molar-refractivity contribution in [2.24, 2.45) is 0 Å². The summed E-state index contributed by atoms with van der Waals surface area (Å²) in [5.41, 5.74) is -0.529.